The van der Waals surface area contributed by atoms with E-state index in [1.54, 1.807) is 4.68 Å². The summed E-state index contributed by atoms with van der Waals surface area (Å²) in [6, 6.07) is 0. The van der Waals surface area contributed by atoms with E-state index >= 15 is 0 Å². The number of amides is 1. The molecule has 1 saturated heterocycles. The molecule has 0 aromatic carbocycles. The van der Waals surface area contributed by atoms with Gasteiger partial charge in [-0.15, -0.1) is 24.0 Å². The fraction of sp³-hybridized carbons (Fsp3) is 0.750. The number of carbonyl (C=O) groups excluding carboxylic acids is 1. The Hall–Kier alpha value is -1.36. The van der Waals surface area contributed by atoms with Crippen molar-refractivity contribution in [2.45, 2.75) is 45.1 Å². The molecule has 1 atom stereocenters. The van der Waals surface area contributed by atoms with Crippen molar-refractivity contribution in [1.82, 2.24) is 25.3 Å². The van der Waals surface area contributed by atoms with E-state index < -0.39 is 0 Å². The summed E-state index contributed by atoms with van der Waals surface area (Å²) in [4.78, 5) is 19.0. The Morgan fingerprint density at radius 3 is 2.83 bits per heavy atom. The molecule has 1 aromatic rings. The highest BCUT2D eigenvalue weighted by atomic mass is 127. The Morgan fingerprint density at radius 1 is 1.34 bits per heavy atom. The number of nitrogens with zero attached hydrogens (tertiary/aromatic N) is 4. The van der Waals surface area contributed by atoms with Crippen molar-refractivity contribution < 1.29 is 9.53 Å². The molecule has 1 amide bonds. The summed E-state index contributed by atoms with van der Waals surface area (Å²) in [7, 11) is 1.91. The standard InChI is InChI=1S/C20H34N6O2.HI/c1-3-21-20(23-9-8-22-19(27)12-16-6-4-5-7-16)26-10-11-28-18(15-26)17-13-24-25(2)14-17;/h13-14,16,18H,3-12,15H2,1-2H3,(H,21,23)(H,22,27);1H. The summed E-state index contributed by atoms with van der Waals surface area (Å²) >= 11 is 0. The lowest BCUT2D eigenvalue weighted by molar-refractivity contribution is -0.121. The zero-order chi connectivity index (χ0) is 19.8. The van der Waals surface area contributed by atoms with Crippen LogP contribution in [-0.4, -0.2) is 65.9 Å². The number of aryl methyl sites for hydroxylation is 1. The molecule has 1 unspecified atom stereocenters. The number of aliphatic imine (C=N–C) groups is 1. The average molecular weight is 518 g/mol. The summed E-state index contributed by atoms with van der Waals surface area (Å²) < 4.78 is 7.72. The van der Waals surface area contributed by atoms with Crippen LogP contribution in [-0.2, 0) is 16.6 Å². The number of halogens is 1. The second kappa shape index (κ2) is 12.4. The first-order valence-corrected chi connectivity index (χ1v) is 10.6. The van der Waals surface area contributed by atoms with Gasteiger partial charge in [0, 0.05) is 44.9 Å². The van der Waals surface area contributed by atoms with Crippen LogP contribution in [0.5, 0.6) is 0 Å². The first kappa shape index (κ1) is 23.9. The second-order valence-corrected chi connectivity index (χ2v) is 7.69. The van der Waals surface area contributed by atoms with Crippen molar-refractivity contribution in [2.24, 2.45) is 18.0 Å². The Labute approximate surface area is 190 Å². The predicted molar refractivity (Wildman–Crippen MR) is 124 cm³/mol. The van der Waals surface area contributed by atoms with Crippen LogP contribution in [0.4, 0.5) is 0 Å². The van der Waals surface area contributed by atoms with E-state index in [0.29, 0.717) is 32.0 Å². The Kier molecular flexibility index (Phi) is 10.2. The van der Waals surface area contributed by atoms with Gasteiger partial charge in [0.05, 0.1) is 25.9 Å². The third-order valence-corrected chi connectivity index (χ3v) is 5.44. The molecular formula is C20H35IN6O2. The third-order valence-electron chi connectivity index (χ3n) is 5.44. The van der Waals surface area contributed by atoms with Gasteiger partial charge in [-0.25, -0.2) is 0 Å². The van der Waals surface area contributed by atoms with Crippen molar-refractivity contribution in [3.05, 3.63) is 18.0 Å². The lowest BCUT2D eigenvalue weighted by Crippen LogP contribution is -2.48. The second-order valence-electron chi connectivity index (χ2n) is 7.69. The Morgan fingerprint density at radius 2 is 2.14 bits per heavy atom. The van der Waals surface area contributed by atoms with Crippen LogP contribution in [0.1, 0.15) is 50.7 Å². The minimum absolute atomic E-state index is 0. The third kappa shape index (κ3) is 7.44. The van der Waals surface area contributed by atoms with Gasteiger partial charge >= 0.3 is 0 Å². The van der Waals surface area contributed by atoms with Gasteiger partial charge < -0.3 is 20.3 Å². The van der Waals surface area contributed by atoms with Crippen molar-refractivity contribution in [1.29, 1.82) is 0 Å². The first-order chi connectivity index (χ1) is 13.7. The van der Waals surface area contributed by atoms with E-state index in [9.17, 15) is 4.79 Å². The number of aromatic nitrogens is 2. The van der Waals surface area contributed by atoms with Gasteiger partial charge in [-0.1, -0.05) is 12.8 Å². The summed E-state index contributed by atoms with van der Waals surface area (Å²) in [6.45, 7) is 6.23. The fourth-order valence-electron chi connectivity index (χ4n) is 3.98. The van der Waals surface area contributed by atoms with Crippen LogP contribution in [0.3, 0.4) is 0 Å². The monoisotopic (exact) mass is 518 g/mol. The summed E-state index contributed by atoms with van der Waals surface area (Å²) in [5, 5.41) is 10.6. The van der Waals surface area contributed by atoms with Gasteiger partial charge in [0.15, 0.2) is 5.96 Å². The first-order valence-electron chi connectivity index (χ1n) is 10.6. The van der Waals surface area contributed by atoms with Gasteiger partial charge in [-0.2, -0.15) is 5.10 Å². The molecule has 0 bridgehead atoms. The molecule has 2 N–H and O–H groups in total. The molecule has 2 aliphatic rings. The molecule has 2 heterocycles. The Bertz CT molecular complexity index is 659. The Balaban J connectivity index is 0.00000300. The molecular weight excluding hydrogens is 483 g/mol. The molecule has 29 heavy (non-hydrogen) atoms. The summed E-state index contributed by atoms with van der Waals surface area (Å²) in [5.41, 5.74) is 1.09. The topological polar surface area (TPSA) is 83.8 Å². The maximum absolute atomic E-state index is 12.1. The van der Waals surface area contributed by atoms with E-state index in [1.807, 2.05) is 19.4 Å². The quantitative estimate of drug-likeness (QED) is 0.250. The molecule has 0 radical (unpaired) electrons. The number of nitrogens with one attached hydrogen (secondary N) is 2. The average Bonchev–Trinajstić information content (AvgIpc) is 3.36. The maximum Gasteiger partial charge on any atom is 0.220 e. The van der Waals surface area contributed by atoms with E-state index in [-0.39, 0.29) is 36.0 Å². The van der Waals surface area contributed by atoms with E-state index in [1.165, 1.54) is 25.7 Å². The lowest BCUT2D eigenvalue weighted by Gasteiger charge is -2.34. The van der Waals surface area contributed by atoms with Crippen molar-refractivity contribution in [3.63, 3.8) is 0 Å². The molecule has 1 aliphatic heterocycles. The summed E-state index contributed by atoms with van der Waals surface area (Å²) in [6.07, 6.45) is 9.46. The molecule has 3 rings (SSSR count). The van der Waals surface area contributed by atoms with Crippen LogP contribution >= 0.6 is 24.0 Å². The number of rotatable bonds is 7. The van der Waals surface area contributed by atoms with E-state index in [0.717, 1.165) is 31.2 Å². The highest BCUT2D eigenvalue weighted by molar-refractivity contribution is 14.0. The maximum atomic E-state index is 12.1. The molecule has 1 aromatic heterocycles. The number of ether oxygens (including phenoxy) is 1. The molecule has 1 aliphatic carbocycles. The normalized spacial score (nSPS) is 20.4. The molecule has 1 saturated carbocycles. The van der Waals surface area contributed by atoms with Crippen LogP contribution in [0.25, 0.3) is 0 Å². The molecule has 164 valence electrons. The van der Waals surface area contributed by atoms with Gasteiger partial charge in [-0.3, -0.25) is 14.5 Å². The van der Waals surface area contributed by atoms with Gasteiger partial charge in [0.2, 0.25) is 5.91 Å². The lowest BCUT2D eigenvalue weighted by atomic mass is 10.0. The van der Waals surface area contributed by atoms with Crippen LogP contribution in [0.2, 0.25) is 0 Å². The van der Waals surface area contributed by atoms with Crippen molar-refractivity contribution in [2.75, 3.05) is 39.3 Å². The van der Waals surface area contributed by atoms with Crippen molar-refractivity contribution in [3.8, 4) is 0 Å². The zero-order valence-corrected chi connectivity index (χ0v) is 19.9. The van der Waals surface area contributed by atoms with Crippen LogP contribution in [0.15, 0.2) is 17.4 Å². The minimum Gasteiger partial charge on any atom is -0.370 e. The highest BCUT2D eigenvalue weighted by Crippen LogP contribution is 2.27. The predicted octanol–water partition coefficient (Wildman–Crippen LogP) is 2.07. The van der Waals surface area contributed by atoms with Gasteiger partial charge in [0.25, 0.3) is 0 Å². The number of hydrogen-bond acceptors (Lipinski definition) is 4. The van der Waals surface area contributed by atoms with Gasteiger partial charge in [-0.05, 0) is 25.7 Å². The smallest absolute Gasteiger partial charge is 0.220 e. The van der Waals surface area contributed by atoms with Crippen LogP contribution < -0.4 is 10.6 Å². The minimum atomic E-state index is -0.00239. The largest absolute Gasteiger partial charge is 0.370 e. The number of carbonyl (C=O) groups is 1. The van der Waals surface area contributed by atoms with Gasteiger partial charge in [0.1, 0.15) is 6.10 Å². The molecule has 2 fully saturated rings. The summed E-state index contributed by atoms with van der Waals surface area (Å²) in [5.74, 6) is 1.62. The fourth-order valence-corrected chi connectivity index (χ4v) is 3.98. The van der Waals surface area contributed by atoms with Crippen LogP contribution in [0, 0.1) is 5.92 Å². The van der Waals surface area contributed by atoms with Crippen molar-refractivity contribution >= 4 is 35.8 Å². The molecule has 0 spiro atoms. The number of morpholine rings is 1. The number of guanidine groups is 1. The highest BCUT2D eigenvalue weighted by Gasteiger charge is 2.25. The molecule has 9 heteroatoms. The van der Waals surface area contributed by atoms with E-state index in [4.69, 9.17) is 9.73 Å². The number of hydrogen-bond donors (Lipinski definition) is 2. The zero-order valence-electron chi connectivity index (χ0n) is 17.6. The molecule has 8 nitrogen and oxygen atoms in total. The van der Waals surface area contributed by atoms with E-state index in [2.05, 4.69) is 27.6 Å². The SMILES string of the molecule is CCNC(=NCCNC(=O)CC1CCCC1)N1CCOC(c2cnn(C)c2)C1.I.